The predicted octanol–water partition coefficient (Wildman–Crippen LogP) is 2.37. The van der Waals surface area contributed by atoms with Gasteiger partial charge in [-0.15, -0.1) is 0 Å². The number of alkyl halides is 5. The molecule has 1 rings (SSSR count). The summed E-state index contributed by atoms with van der Waals surface area (Å²) < 4.78 is 63.1. The summed E-state index contributed by atoms with van der Waals surface area (Å²) in [6.07, 6.45) is -7.76. The van der Waals surface area contributed by atoms with Crippen LogP contribution in [0.5, 0.6) is 0 Å². The lowest BCUT2D eigenvalue weighted by atomic mass is 10.0. The molecule has 0 unspecified atom stereocenters. The van der Waals surface area contributed by atoms with E-state index in [1.165, 1.54) is 6.07 Å². The molecule has 0 aromatic carbocycles. The Labute approximate surface area is 92.7 Å². The summed E-state index contributed by atoms with van der Waals surface area (Å²) in [6, 6.07) is 1.21. The van der Waals surface area contributed by atoms with Gasteiger partial charge in [0.05, 0.1) is 11.1 Å². The lowest BCUT2D eigenvalue weighted by Crippen LogP contribution is -2.17. The van der Waals surface area contributed by atoms with Crippen molar-refractivity contribution >= 4 is 0 Å². The first-order chi connectivity index (χ1) is 7.82. The smallest absolute Gasteiger partial charge is 0.326 e. The summed E-state index contributed by atoms with van der Waals surface area (Å²) in [6.45, 7) is -0.590. The van der Waals surface area contributed by atoms with Crippen molar-refractivity contribution in [2.24, 2.45) is 5.73 Å². The van der Waals surface area contributed by atoms with E-state index < -0.39 is 41.5 Å². The summed E-state index contributed by atoms with van der Waals surface area (Å²) in [4.78, 5) is 3.24. The monoisotopic (exact) mass is 251 g/mol. The second-order valence-electron chi connectivity index (χ2n) is 3.04. The standard InChI is InChI=1S/C9H6F5N3/c10-8(11)6-5(2-16)17-3-4(1-15)7(6)9(12,13)14/h3,8H,1,15H2. The van der Waals surface area contributed by atoms with Crippen molar-refractivity contribution in [1.82, 2.24) is 4.98 Å². The third-order valence-corrected chi connectivity index (χ3v) is 2.02. The molecule has 0 saturated carbocycles. The number of aromatic nitrogens is 1. The van der Waals surface area contributed by atoms with E-state index in [2.05, 4.69) is 4.98 Å². The molecule has 0 spiro atoms. The average molecular weight is 251 g/mol. The highest BCUT2D eigenvalue weighted by atomic mass is 19.4. The van der Waals surface area contributed by atoms with Crippen LogP contribution in [-0.4, -0.2) is 4.98 Å². The molecule has 0 aliphatic heterocycles. The molecule has 2 N–H and O–H groups in total. The second kappa shape index (κ2) is 4.63. The topological polar surface area (TPSA) is 62.7 Å². The molecule has 0 radical (unpaired) electrons. The Balaban J connectivity index is 3.67. The highest BCUT2D eigenvalue weighted by Gasteiger charge is 2.40. The molecule has 8 heteroatoms. The van der Waals surface area contributed by atoms with Crippen molar-refractivity contribution in [2.45, 2.75) is 19.1 Å². The molecule has 0 amide bonds. The van der Waals surface area contributed by atoms with Gasteiger partial charge in [0.15, 0.2) is 0 Å². The van der Waals surface area contributed by atoms with Gasteiger partial charge in [0.25, 0.3) is 6.43 Å². The van der Waals surface area contributed by atoms with Crippen molar-refractivity contribution in [3.63, 3.8) is 0 Å². The van der Waals surface area contributed by atoms with Crippen LogP contribution in [0, 0.1) is 11.3 Å². The van der Waals surface area contributed by atoms with Crippen molar-refractivity contribution in [3.8, 4) is 6.07 Å². The van der Waals surface area contributed by atoms with E-state index in [4.69, 9.17) is 11.0 Å². The minimum absolute atomic E-state index is 0.563. The molecular formula is C9H6F5N3. The summed E-state index contributed by atoms with van der Waals surface area (Å²) in [5, 5.41) is 8.48. The Morgan fingerprint density at radius 3 is 2.35 bits per heavy atom. The molecule has 0 aliphatic carbocycles. The number of nitriles is 1. The third kappa shape index (κ3) is 2.50. The van der Waals surface area contributed by atoms with Crippen molar-refractivity contribution < 1.29 is 22.0 Å². The molecule has 0 saturated heterocycles. The number of pyridine rings is 1. The fourth-order valence-corrected chi connectivity index (χ4v) is 1.36. The minimum atomic E-state index is -5.00. The van der Waals surface area contributed by atoms with Crippen molar-refractivity contribution in [1.29, 1.82) is 5.26 Å². The van der Waals surface area contributed by atoms with Gasteiger partial charge in [0.1, 0.15) is 11.8 Å². The van der Waals surface area contributed by atoms with E-state index in [1.807, 2.05) is 0 Å². The quantitative estimate of drug-likeness (QED) is 0.820. The summed E-state index contributed by atoms with van der Waals surface area (Å²) in [7, 11) is 0. The van der Waals surface area contributed by atoms with E-state index in [0.29, 0.717) is 6.20 Å². The van der Waals surface area contributed by atoms with Crippen LogP contribution in [0.15, 0.2) is 6.20 Å². The zero-order chi connectivity index (χ0) is 13.2. The summed E-state index contributed by atoms with van der Waals surface area (Å²) >= 11 is 0. The number of nitrogens with two attached hydrogens (primary N) is 1. The Kier molecular flexibility index (Phi) is 3.63. The highest BCUT2D eigenvalue weighted by Crippen LogP contribution is 2.39. The fourth-order valence-electron chi connectivity index (χ4n) is 1.36. The largest absolute Gasteiger partial charge is 0.417 e. The van der Waals surface area contributed by atoms with Crippen LogP contribution >= 0.6 is 0 Å². The van der Waals surface area contributed by atoms with E-state index in [-0.39, 0.29) is 0 Å². The van der Waals surface area contributed by atoms with Gasteiger partial charge in [0.2, 0.25) is 0 Å². The summed E-state index contributed by atoms with van der Waals surface area (Å²) in [5.74, 6) is 0. The maximum atomic E-state index is 12.6. The molecule has 0 fully saturated rings. The molecule has 1 aromatic rings. The van der Waals surface area contributed by atoms with Gasteiger partial charge >= 0.3 is 6.18 Å². The second-order valence-corrected chi connectivity index (χ2v) is 3.04. The lowest BCUT2D eigenvalue weighted by molar-refractivity contribution is -0.140. The first kappa shape index (κ1) is 13.3. The molecule has 3 nitrogen and oxygen atoms in total. The van der Waals surface area contributed by atoms with Gasteiger partial charge in [-0.2, -0.15) is 18.4 Å². The first-order valence-electron chi connectivity index (χ1n) is 4.30. The van der Waals surface area contributed by atoms with E-state index in [9.17, 15) is 22.0 Å². The molecule has 17 heavy (non-hydrogen) atoms. The Morgan fingerprint density at radius 2 is 2.00 bits per heavy atom. The zero-order valence-electron chi connectivity index (χ0n) is 8.22. The van der Waals surface area contributed by atoms with Crippen LogP contribution in [0.1, 0.15) is 28.8 Å². The van der Waals surface area contributed by atoms with Gasteiger partial charge < -0.3 is 5.73 Å². The number of rotatable bonds is 2. The number of nitrogens with zero attached hydrogens (tertiary/aromatic N) is 2. The normalized spacial score (nSPS) is 11.6. The molecule has 0 atom stereocenters. The van der Waals surface area contributed by atoms with Crippen molar-refractivity contribution in [3.05, 3.63) is 28.6 Å². The van der Waals surface area contributed by atoms with Gasteiger partial charge in [-0.25, -0.2) is 13.8 Å². The van der Waals surface area contributed by atoms with E-state index in [1.54, 1.807) is 0 Å². The van der Waals surface area contributed by atoms with Crippen LogP contribution in [-0.2, 0) is 12.7 Å². The van der Waals surface area contributed by atoms with Gasteiger partial charge in [-0.3, -0.25) is 0 Å². The van der Waals surface area contributed by atoms with Crippen LogP contribution in [0.2, 0.25) is 0 Å². The Bertz CT molecular complexity index is 461. The SMILES string of the molecule is N#Cc1ncc(CN)c(C(F)(F)F)c1C(F)F. The van der Waals surface area contributed by atoms with E-state index in [0.717, 1.165) is 0 Å². The molecular weight excluding hydrogens is 245 g/mol. The molecule has 0 aliphatic rings. The number of hydrogen-bond acceptors (Lipinski definition) is 3. The number of hydrogen-bond donors (Lipinski definition) is 1. The van der Waals surface area contributed by atoms with Crippen LogP contribution in [0.4, 0.5) is 22.0 Å². The Hall–Kier alpha value is -1.75. The van der Waals surface area contributed by atoms with Gasteiger partial charge in [-0.1, -0.05) is 0 Å². The van der Waals surface area contributed by atoms with Crippen molar-refractivity contribution in [2.75, 3.05) is 0 Å². The maximum Gasteiger partial charge on any atom is 0.417 e. The molecule has 0 bridgehead atoms. The average Bonchev–Trinajstić information content (AvgIpc) is 2.25. The molecule has 92 valence electrons. The van der Waals surface area contributed by atoms with Crippen LogP contribution in [0.3, 0.4) is 0 Å². The number of halogens is 5. The minimum Gasteiger partial charge on any atom is -0.326 e. The van der Waals surface area contributed by atoms with Crippen LogP contribution in [0.25, 0.3) is 0 Å². The fraction of sp³-hybridized carbons (Fsp3) is 0.333. The van der Waals surface area contributed by atoms with E-state index >= 15 is 0 Å². The van der Waals surface area contributed by atoms with Gasteiger partial charge in [0, 0.05) is 12.7 Å². The van der Waals surface area contributed by atoms with Gasteiger partial charge in [-0.05, 0) is 5.56 Å². The first-order valence-corrected chi connectivity index (χ1v) is 4.30. The lowest BCUT2D eigenvalue weighted by Gasteiger charge is -2.16. The molecule has 1 heterocycles. The highest BCUT2D eigenvalue weighted by molar-refractivity contribution is 5.44. The third-order valence-electron chi connectivity index (χ3n) is 2.02. The van der Waals surface area contributed by atoms with Crippen LogP contribution < -0.4 is 5.73 Å². The summed E-state index contributed by atoms with van der Waals surface area (Å²) in [5.41, 5.74) is 0.555. The zero-order valence-corrected chi connectivity index (χ0v) is 8.22. The predicted molar refractivity (Wildman–Crippen MR) is 46.8 cm³/mol. The maximum absolute atomic E-state index is 12.6. The Morgan fingerprint density at radius 1 is 1.41 bits per heavy atom. The molecule has 1 aromatic heterocycles.